The molecule has 6 heteroatoms. The van der Waals surface area contributed by atoms with Crippen molar-refractivity contribution in [3.63, 3.8) is 0 Å². The van der Waals surface area contributed by atoms with Crippen molar-refractivity contribution in [1.29, 1.82) is 0 Å². The zero-order valence-electron chi connectivity index (χ0n) is 10.3. The highest BCUT2D eigenvalue weighted by Gasteiger charge is 2.07. The minimum Gasteiger partial charge on any atom is -0.372 e. The predicted octanol–water partition coefficient (Wildman–Crippen LogP) is 3.28. The zero-order chi connectivity index (χ0) is 13.2. The van der Waals surface area contributed by atoms with E-state index in [0.29, 0.717) is 0 Å². The largest absolute Gasteiger partial charge is 0.372 e. The summed E-state index contributed by atoms with van der Waals surface area (Å²) in [5.41, 5.74) is 1.76. The highest BCUT2D eigenvalue weighted by molar-refractivity contribution is 9.10. The number of fused-ring (bicyclic) bond motifs is 1. The molecule has 0 fully saturated rings. The van der Waals surface area contributed by atoms with Crippen LogP contribution in [-0.4, -0.2) is 21.4 Å². The third-order valence-corrected chi connectivity index (χ3v) is 3.27. The van der Waals surface area contributed by atoms with Crippen LogP contribution in [0.5, 0.6) is 0 Å². The fraction of sp³-hybridized carbons (Fsp3) is 0.0769. The van der Waals surface area contributed by atoms with Gasteiger partial charge in [-0.15, -0.1) is 0 Å². The van der Waals surface area contributed by atoms with Crippen molar-refractivity contribution in [2.75, 3.05) is 17.7 Å². The van der Waals surface area contributed by atoms with Crippen LogP contribution in [0, 0.1) is 0 Å². The quantitative estimate of drug-likeness (QED) is 0.778. The molecule has 0 radical (unpaired) electrons. The van der Waals surface area contributed by atoms with Gasteiger partial charge in [0.25, 0.3) is 0 Å². The van der Waals surface area contributed by atoms with Gasteiger partial charge in [0, 0.05) is 29.6 Å². The van der Waals surface area contributed by atoms with Gasteiger partial charge in [0.05, 0.1) is 6.20 Å². The van der Waals surface area contributed by atoms with Gasteiger partial charge in [-0.1, -0.05) is 15.9 Å². The topological polar surface area (TPSA) is 54.2 Å². The number of anilines is 3. The number of hydrogen-bond acceptors (Lipinski definition) is 4. The van der Waals surface area contributed by atoms with Crippen molar-refractivity contribution in [2.45, 2.75) is 0 Å². The lowest BCUT2D eigenvalue weighted by molar-refractivity contribution is 1.12. The molecule has 3 rings (SSSR count). The Kier molecular flexibility index (Phi) is 3.08. The normalized spacial score (nSPS) is 10.6. The number of benzene rings is 1. The van der Waals surface area contributed by atoms with Crippen LogP contribution in [0.25, 0.3) is 5.65 Å². The lowest BCUT2D eigenvalue weighted by Crippen LogP contribution is -2.02. The monoisotopic (exact) mass is 317 g/mol. The van der Waals surface area contributed by atoms with Crippen LogP contribution in [0.4, 0.5) is 17.3 Å². The van der Waals surface area contributed by atoms with E-state index in [1.165, 1.54) is 0 Å². The van der Waals surface area contributed by atoms with E-state index >= 15 is 0 Å². The summed E-state index contributed by atoms with van der Waals surface area (Å²) in [5.74, 6) is 1.50. The number of halogens is 1. The summed E-state index contributed by atoms with van der Waals surface area (Å²) < 4.78 is 2.97. The molecule has 19 heavy (non-hydrogen) atoms. The Morgan fingerprint density at radius 1 is 1.21 bits per heavy atom. The van der Waals surface area contributed by atoms with Gasteiger partial charge in [0.2, 0.25) is 0 Å². The van der Waals surface area contributed by atoms with Crippen LogP contribution >= 0.6 is 15.9 Å². The van der Waals surface area contributed by atoms with Crippen molar-refractivity contribution in [3.8, 4) is 0 Å². The smallest absolute Gasteiger partial charge is 0.180 e. The van der Waals surface area contributed by atoms with Crippen molar-refractivity contribution in [1.82, 2.24) is 14.4 Å². The van der Waals surface area contributed by atoms with Crippen LogP contribution in [-0.2, 0) is 0 Å². The Morgan fingerprint density at radius 3 is 2.74 bits per heavy atom. The van der Waals surface area contributed by atoms with Crippen molar-refractivity contribution < 1.29 is 0 Å². The van der Waals surface area contributed by atoms with E-state index in [2.05, 4.69) is 36.5 Å². The molecule has 0 aliphatic carbocycles. The lowest BCUT2D eigenvalue weighted by Gasteiger charge is -2.09. The molecule has 0 bridgehead atoms. The van der Waals surface area contributed by atoms with E-state index < -0.39 is 0 Å². The molecule has 3 aromatic rings. The minimum absolute atomic E-state index is 0.721. The van der Waals surface area contributed by atoms with E-state index in [0.717, 1.165) is 27.4 Å². The highest BCUT2D eigenvalue weighted by Crippen LogP contribution is 2.22. The first-order valence-electron chi connectivity index (χ1n) is 5.80. The van der Waals surface area contributed by atoms with Gasteiger partial charge >= 0.3 is 0 Å². The second kappa shape index (κ2) is 4.89. The molecule has 5 nitrogen and oxygen atoms in total. The number of imidazole rings is 1. The Hall–Kier alpha value is -2.08. The molecule has 1 aromatic carbocycles. The molecule has 96 valence electrons. The molecule has 2 aromatic heterocycles. The molecule has 0 aliphatic rings. The van der Waals surface area contributed by atoms with Gasteiger partial charge in [0.1, 0.15) is 5.82 Å². The van der Waals surface area contributed by atoms with E-state index in [4.69, 9.17) is 0 Å². The van der Waals surface area contributed by atoms with Gasteiger partial charge in [-0.3, -0.25) is 0 Å². The molecule has 0 aliphatic heterocycles. The van der Waals surface area contributed by atoms with E-state index in [9.17, 15) is 0 Å². The third kappa shape index (κ3) is 2.39. The van der Waals surface area contributed by atoms with E-state index in [-0.39, 0.29) is 0 Å². The SMILES string of the molecule is CNc1cn2ccnc2c(Nc2ccc(Br)cc2)n1. The van der Waals surface area contributed by atoms with E-state index in [1.807, 2.05) is 48.1 Å². The van der Waals surface area contributed by atoms with Crippen molar-refractivity contribution in [2.24, 2.45) is 0 Å². The van der Waals surface area contributed by atoms with Crippen LogP contribution in [0.1, 0.15) is 0 Å². The van der Waals surface area contributed by atoms with Gasteiger partial charge in [-0.2, -0.15) is 0 Å². The standard InChI is InChI=1S/C13H12BrN5/c1-15-11-8-19-7-6-16-13(19)12(18-11)17-10-4-2-9(14)3-5-10/h2-8,15H,1H3,(H,17,18). The van der Waals surface area contributed by atoms with Gasteiger partial charge in [-0.25, -0.2) is 9.97 Å². The summed E-state index contributed by atoms with van der Waals surface area (Å²) in [6, 6.07) is 7.93. The maximum Gasteiger partial charge on any atom is 0.180 e. The molecule has 2 heterocycles. The Labute approximate surface area is 118 Å². The second-order valence-corrected chi connectivity index (χ2v) is 4.93. The molecule has 0 saturated carbocycles. The molecule has 0 atom stereocenters. The first kappa shape index (κ1) is 12.0. The van der Waals surface area contributed by atoms with Crippen LogP contribution in [0.15, 0.2) is 47.3 Å². The molecule has 0 saturated heterocycles. The molecule has 2 N–H and O–H groups in total. The summed E-state index contributed by atoms with van der Waals surface area (Å²) >= 11 is 3.42. The summed E-state index contributed by atoms with van der Waals surface area (Å²) in [6.45, 7) is 0. The number of aromatic nitrogens is 3. The molecular formula is C13H12BrN5. The molecular weight excluding hydrogens is 306 g/mol. The first-order chi connectivity index (χ1) is 9.26. The first-order valence-corrected chi connectivity index (χ1v) is 6.59. The Balaban J connectivity index is 2.03. The maximum atomic E-state index is 4.49. The van der Waals surface area contributed by atoms with Crippen molar-refractivity contribution in [3.05, 3.63) is 47.3 Å². The van der Waals surface area contributed by atoms with Crippen LogP contribution in [0.2, 0.25) is 0 Å². The van der Waals surface area contributed by atoms with Crippen LogP contribution < -0.4 is 10.6 Å². The average molecular weight is 318 g/mol. The molecule has 0 spiro atoms. The van der Waals surface area contributed by atoms with Crippen LogP contribution in [0.3, 0.4) is 0 Å². The fourth-order valence-corrected chi connectivity index (χ4v) is 2.07. The van der Waals surface area contributed by atoms with Gasteiger partial charge < -0.3 is 15.0 Å². The summed E-state index contributed by atoms with van der Waals surface area (Å²) in [6.07, 6.45) is 5.54. The highest BCUT2D eigenvalue weighted by atomic mass is 79.9. The average Bonchev–Trinajstić information content (AvgIpc) is 2.89. The van der Waals surface area contributed by atoms with Gasteiger partial charge in [-0.05, 0) is 24.3 Å². The molecule has 0 amide bonds. The maximum absolute atomic E-state index is 4.49. The number of nitrogens with one attached hydrogen (secondary N) is 2. The molecule has 0 unspecified atom stereocenters. The number of nitrogens with zero attached hydrogens (tertiary/aromatic N) is 3. The Bertz CT molecular complexity index is 705. The fourth-order valence-electron chi connectivity index (χ4n) is 1.81. The Morgan fingerprint density at radius 2 is 2.00 bits per heavy atom. The lowest BCUT2D eigenvalue weighted by atomic mass is 10.3. The third-order valence-electron chi connectivity index (χ3n) is 2.74. The second-order valence-electron chi connectivity index (χ2n) is 4.01. The summed E-state index contributed by atoms with van der Waals surface area (Å²) in [5, 5.41) is 6.32. The van der Waals surface area contributed by atoms with Crippen molar-refractivity contribution >= 4 is 38.9 Å². The number of hydrogen-bond donors (Lipinski definition) is 2. The summed E-state index contributed by atoms with van der Waals surface area (Å²) in [7, 11) is 1.84. The van der Waals surface area contributed by atoms with E-state index in [1.54, 1.807) is 6.20 Å². The minimum atomic E-state index is 0.721. The predicted molar refractivity (Wildman–Crippen MR) is 80.0 cm³/mol. The number of rotatable bonds is 3. The summed E-state index contributed by atoms with van der Waals surface area (Å²) in [4.78, 5) is 8.80. The zero-order valence-corrected chi connectivity index (χ0v) is 11.8. The van der Waals surface area contributed by atoms with Gasteiger partial charge in [0.15, 0.2) is 11.5 Å².